The molecule has 12 heteroatoms. The number of nitrogens with zero attached hydrogens (tertiary/aromatic N) is 3. The van der Waals surface area contributed by atoms with Crippen LogP contribution in [0.3, 0.4) is 0 Å². The van der Waals surface area contributed by atoms with Crippen molar-refractivity contribution in [1.29, 1.82) is 0 Å². The van der Waals surface area contributed by atoms with Crippen molar-refractivity contribution in [3.05, 3.63) is 106 Å². The first-order valence-electron chi connectivity index (χ1n) is 16.4. The molecular weight excluding hydrogens is 677 g/mol. The second-order valence-electron chi connectivity index (χ2n) is 12.6. The van der Waals surface area contributed by atoms with Gasteiger partial charge in [-0.3, -0.25) is 14.5 Å². The van der Waals surface area contributed by atoms with Gasteiger partial charge in [-0.25, -0.2) is 4.98 Å². The molecule has 50 heavy (non-hydrogen) atoms. The minimum atomic E-state index is -1.11. The molecule has 2 atom stereocenters. The number of imidazole rings is 1. The lowest BCUT2D eigenvalue weighted by Gasteiger charge is -2.24. The Bertz CT molecular complexity index is 2020. The molecule has 1 aliphatic rings. The van der Waals surface area contributed by atoms with Crippen molar-refractivity contribution in [3.63, 3.8) is 0 Å². The molecule has 0 radical (unpaired) electrons. The van der Waals surface area contributed by atoms with Crippen molar-refractivity contribution < 1.29 is 24.5 Å². The molecule has 260 valence electrons. The third-order valence-electron chi connectivity index (χ3n) is 9.21. The average molecular weight is 717 g/mol. The van der Waals surface area contributed by atoms with Crippen LogP contribution in [0.1, 0.15) is 29.5 Å². The van der Waals surface area contributed by atoms with E-state index in [0.29, 0.717) is 40.9 Å². The fourth-order valence-electron chi connectivity index (χ4n) is 6.46. The molecule has 1 amide bonds. The maximum Gasteiger partial charge on any atom is 0.323 e. The van der Waals surface area contributed by atoms with Crippen LogP contribution >= 0.6 is 23.2 Å². The minimum Gasteiger partial charge on any atom is -0.496 e. The van der Waals surface area contributed by atoms with Gasteiger partial charge >= 0.3 is 5.97 Å². The van der Waals surface area contributed by atoms with E-state index in [2.05, 4.69) is 34.9 Å². The number of carbonyl (C=O) groups is 2. The van der Waals surface area contributed by atoms with Gasteiger partial charge in [0.25, 0.3) is 0 Å². The molecule has 1 saturated heterocycles. The van der Waals surface area contributed by atoms with Crippen LogP contribution in [0.2, 0.25) is 10.0 Å². The van der Waals surface area contributed by atoms with Gasteiger partial charge in [0.15, 0.2) is 0 Å². The summed E-state index contributed by atoms with van der Waals surface area (Å²) >= 11 is 13.9. The number of hydrogen-bond acceptors (Lipinski definition) is 7. The summed E-state index contributed by atoms with van der Waals surface area (Å²) in [7, 11) is 3.19. The van der Waals surface area contributed by atoms with E-state index in [1.165, 1.54) is 4.90 Å². The topological polar surface area (TPSA) is 129 Å². The van der Waals surface area contributed by atoms with Gasteiger partial charge in [-0.05, 0) is 48.4 Å². The van der Waals surface area contributed by atoms with Gasteiger partial charge < -0.3 is 30.2 Å². The van der Waals surface area contributed by atoms with Gasteiger partial charge in [-0.15, -0.1) is 0 Å². The molecule has 1 fully saturated rings. The largest absolute Gasteiger partial charge is 0.496 e. The summed E-state index contributed by atoms with van der Waals surface area (Å²) in [6.07, 6.45) is 3.25. The molecule has 0 aliphatic carbocycles. The molecular formula is C38H39Cl2N5O5. The number of hydrogen-bond donors (Lipinski definition) is 4. The van der Waals surface area contributed by atoms with Gasteiger partial charge in [-0.2, -0.15) is 0 Å². The zero-order valence-corrected chi connectivity index (χ0v) is 29.3. The van der Waals surface area contributed by atoms with E-state index in [9.17, 15) is 19.8 Å². The van der Waals surface area contributed by atoms with Gasteiger partial charge in [0.1, 0.15) is 11.8 Å². The summed E-state index contributed by atoms with van der Waals surface area (Å²) in [4.78, 5) is 29.3. The number of carboxylic acid groups (broad SMARTS) is 1. The van der Waals surface area contributed by atoms with E-state index in [1.54, 1.807) is 26.6 Å². The maximum atomic E-state index is 11.5. The highest BCUT2D eigenvalue weighted by Crippen LogP contribution is 2.39. The molecule has 6 rings (SSSR count). The number of fused-ring (bicyclic) bond motifs is 1. The Kier molecular flexibility index (Phi) is 11.1. The maximum absolute atomic E-state index is 11.5. The van der Waals surface area contributed by atoms with Crippen molar-refractivity contribution in [2.24, 2.45) is 0 Å². The normalized spacial score (nSPS) is 15.1. The van der Waals surface area contributed by atoms with Crippen molar-refractivity contribution in [1.82, 2.24) is 25.1 Å². The lowest BCUT2D eigenvalue weighted by molar-refractivity contribution is -0.144. The van der Waals surface area contributed by atoms with Crippen LogP contribution in [0.15, 0.2) is 79.1 Å². The number of para-hydroxylation sites is 1. The van der Waals surface area contributed by atoms with E-state index in [1.807, 2.05) is 47.0 Å². The minimum absolute atomic E-state index is 0.123. The number of carboxylic acids is 1. The number of halogens is 2. The van der Waals surface area contributed by atoms with E-state index in [-0.39, 0.29) is 18.5 Å². The first-order chi connectivity index (χ1) is 24.2. The van der Waals surface area contributed by atoms with Gasteiger partial charge in [0.05, 0.1) is 42.6 Å². The number of aromatic nitrogens is 2. The number of likely N-dealkylation sites (N-methyl/N-ethyl adjacent to an activating group) is 1. The molecule has 2 unspecified atom stereocenters. The van der Waals surface area contributed by atoms with Crippen molar-refractivity contribution in [2.45, 2.75) is 44.6 Å². The summed E-state index contributed by atoms with van der Waals surface area (Å²) < 4.78 is 7.67. The third kappa shape index (κ3) is 7.65. The number of ether oxygens (including phenoxy) is 1. The highest BCUT2D eigenvalue weighted by molar-refractivity contribution is 6.36. The van der Waals surface area contributed by atoms with Crippen LogP contribution in [0, 0.1) is 0 Å². The van der Waals surface area contributed by atoms with Crippen molar-refractivity contribution in [2.75, 3.05) is 27.3 Å². The number of nitrogens with one attached hydrogen (secondary N) is 2. The Hall–Kier alpha value is -4.45. The summed E-state index contributed by atoms with van der Waals surface area (Å²) in [5.74, 6) is -0.420. The number of aliphatic hydroxyl groups is 1. The zero-order valence-electron chi connectivity index (χ0n) is 27.8. The number of methoxy groups -OCH3 is 1. The Labute approximate surface area is 300 Å². The molecule has 10 nitrogen and oxygen atoms in total. The summed E-state index contributed by atoms with van der Waals surface area (Å²) in [5.41, 5.74) is 8.08. The van der Waals surface area contributed by atoms with Crippen molar-refractivity contribution >= 4 is 46.1 Å². The van der Waals surface area contributed by atoms with E-state index >= 15 is 0 Å². The van der Waals surface area contributed by atoms with Crippen LogP contribution < -0.4 is 15.4 Å². The molecule has 4 aromatic carbocycles. The molecule has 0 saturated carbocycles. The Morgan fingerprint density at radius 3 is 2.52 bits per heavy atom. The Balaban J connectivity index is 1.21. The van der Waals surface area contributed by atoms with Crippen molar-refractivity contribution in [3.8, 4) is 28.0 Å². The van der Waals surface area contributed by atoms with E-state index in [4.69, 9.17) is 32.9 Å². The predicted octanol–water partition coefficient (Wildman–Crippen LogP) is 5.98. The quantitative estimate of drug-likeness (QED) is 0.111. The average Bonchev–Trinajstić information content (AvgIpc) is 3.72. The molecule has 0 spiro atoms. The van der Waals surface area contributed by atoms with Gasteiger partial charge in [0, 0.05) is 59.4 Å². The zero-order chi connectivity index (χ0) is 35.4. The highest BCUT2D eigenvalue weighted by Gasteiger charge is 2.24. The Morgan fingerprint density at radius 1 is 1.08 bits per heavy atom. The fraction of sp³-hybridized carbons (Fsp3) is 0.289. The Morgan fingerprint density at radius 2 is 1.82 bits per heavy atom. The number of rotatable bonds is 14. The summed E-state index contributed by atoms with van der Waals surface area (Å²) in [6, 6.07) is 23.1. The number of amides is 1. The summed E-state index contributed by atoms with van der Waals surface area (Å²) in [6.45, 7) is 1.59. The highest BCUT2D eigenvalue weighted by atomic mass is 35.5. The molecule has 0 bridgehead atoms. The second kappa shape index (κ2) is 15.6. The number of aliphatic hydroxyl groups excluding tert-OH is 1. The lowest BCUT2D eigenvalue weighted by Crippen LogP contribution is -2.40. The molecule has 2 heterocycles. The van der Waals surface area contributed by atoms with Crippen LogP contribution in [-0.4, -0.2) is 75.9 Å². The first-order valence-corrected chi connectivity index (χ1v) is 17.1. The molecule has 1 aromatic heterocycles. The monoisotopic (exact) mass is 715 g/mol. The first kappa shape index (κ1) is 35.4. The predicted molar refractivity (Wildman–Crippen MR) is 196 cm³/mol. The van der Waals surface area contributed by atoms with Gasteiger partial charge in [0.2, 0.25) is 5.91 Å². The van der Waals surface area contributed by atoms with Gasteiger partial charge in [-0.1, -0.05) is 77.8 Å². The summed E-state index contributed by atoms with van der Waals surface area (Å²) in [5, 5.41) is 26.5. The molecule has 4 N–H and O–H groups in total. The second-order valence-corrected chi connectivity index (χ2v) is 13.3. The standard InChI is InChI=1S/C38H39Cl2N5O5/c1-44(33(21-46)38(48)49)19-26-15-31(39)25(16-34(26)50-2)20-45-22-42-37-30(7-4-8-32(37)45)29-6-3-5-28(36(29)40)24-11-9-23(10-12-24)17-41-18-27-13-14-35(47)43-27/h3-12,15-16,22,27,33,41,46H,13-14,17-21H2,1-2H3,(H,43,47)(H,48,49). The SMILES string of the molecule is COc1cc(Cn2cnc3c(-c4cccc(-c5ccc(CNCC6CCC(=O)N6)cc5)c4Cl)cccc32)c(Cl)cc1CN(C)C(CO)C(=O)O. The fourth-order valence-corrected chi connectivity index (χ4v) is 7.04. The number of benzene rings is 4. The number of carbonyl (C=O) groups excluding carboxylic acids is 1. The smallest absolute Gasteiger partial charge is 0.323 e. The van der Waals surface area contributed by atoms with Crippen LogP contribution in [0.25, 0.3) is 33.3 Å². The third-order valence-corrected chi connectivity index (χ3v) is 9.97. The van der Waals surface area contributed by atoms with E-state index in [0.717, 1.165) is 57.4 Å². The molecule has 1 aliphatic heterocycles. The van der Waals surface area contributed by atoms with Crippen LogP contribution in [0.4, 0.5) is 0 Å². The van der Waals surface area contributed by atoms with Crippen LogP contribution in [0.5, 0.6) is 5.75 Å². The van der Waals surface area contributed by atoms with E-state index < -0.39 is 18.6 Å². The van der Waals surface area contributed by atoms with Crippen LogP contribution in [-0.2, 0) is 29.2 Å². The number of aliphatic carboxylic acids is 1. The lowest BCUT2D eigenvalue weighted by atomic mass is 9.97. The molecule has 5 aromatic rings.